The number of carbonyl (C=O) groups excluding carboxylic acids is 2. The van der Waals surface area contributed by atoms with Crippen LogP contribution >= 0.6 is 11.3 Å². The van der Waals surface area contributed by atoms with Crippen LogP contribution in [0.3, 0.4) is 0 Å². The average molecular weight is 419 g/mol. The summed E-state index contributed by atoms with van der Waals surface area (Å²) in [6.45, 7) is 10.8. The van der Waals surface area contributed by atoms with E-state index in [0.29, 0.717) is 50.4 Å². The van der Waals surface area contributed by atoms with Gasteiger partial charge in [-0.1, -0.05) is 13.8 Å². The number of rotatable bonds is 6. The predicted octanol–water partition coefficient (Wildman–Crippen LogP) is 2.57. The molecule has 0 radical (unpaired) electrons. The van der Waals surface area contributed by atoms with Gasteiger partial charge in [0.1, 0.15) is 4.83 Å². The van der Waals surface area contributed by atoms with Crippen molar-refractivity contribution in [3.05, 3.63) is 27.1 Å². The minimum atomic E-state index is -0.0785. The quantitative estimate of drug-likeness (QED) is 0.723. The molecule has 0 bridgehead atoms. The van der Waals surface area contributed by atoms with Gasteiger partial charge in [0.25, 0.3) is 5.56 Å². The Morgan fingerprint density at radius 1 is 1.07 bits per heavy atom. The number of thiophene rings is 1. The van der Waals surface area contributed by atoms with Gasteiger partial charge in [-0.25, -0.2) is 4.98 Å². The summed E-state index contributed by atoms with van der Waals surface area (Å²) >= 11 is 1.52. The Hall–Kier alpha value is -2.22. The molecule has 1 aliphatic heterocycles. The number of hydrogen-bond donors (Lipinski definition) is 0. The molecule has 0 aromatic carbocycles. The average Bonchev–Trinajstić information content (AvgIpc) is 3.00. The molecular weight excluding hydrogens is 388 g/mol. The molecule has 7 nitrogen and oxygen atoms in total. The summed E-state index contributed by atoms with van der Waals surface area (Å²) in [5, 5.41) is 0.663. The normalized spacial score (nSPS) is 14.8. The molecule has 0 saturated carbocycles. The van der Waals surface area contributed by atoms with Crippen LogP contribution in [0.4, 0.5) is 0 Å². The minimum Gasteiger partial charge on any atom is -0.339 e. The largest absolute Gasteiger partial charge is 0.339 e. The number of aryl methyl sites for hydroxylation is 3. The van der Waals surface area contributed by atoms with Gasteiger partial charge in [-0.2, -0.15) is 0 Å². The molecule has 0 spiro atoms. The van der Waals surface area contributed by atoms with E-state index >= 15 is 0 Å². The van der Waals surface area contributed by atoms with Crippen molar-refractivity contribution in [1.29, 1.82) is 0 Å². The molecule has 2 amide bonds. The lowest BCUT2D eigenvalue weighted by molar-refractivity contribution is -0.139. The summed E-state index contributed by atoms with van der Waals surface area (Å²) < 4.78 is 1.53. The van der Waals surface area contributed by atoms with Gasteiger partial charge in [0.15, 0.2) is 0 Å². The third kappa shape index (κ3) is 4.86. The van der Waals surface area contributed by atoms with E-state index in [9.17, 15) is 14.4 Å². The molecule has 2 aromatic rings. The minimum absolute atomic E-state index is 0.0181. The number of nitrogens with zero attached hydrogens (tertiary/aromatic N) is 4. The van der Waals surface area contributed by atoms with Gasteiger partial charge < -0.3 is 9.80 Å². The maximum Gasteiger partial charge on any atom is 0.262 e. The first-order valence-electron chi connectivity index (χ1n) is 10.3. The maximum absolute atomic E-state index is 12.7. The molecule has 0 aliphatic carbocycles. The van der Waals surface area contributed by atoms with Crippen molar-refractivity contribution in [3.8, 4) is 0 Å². The number of fused-ring (bicyclic) bond motifs is 1. The molecule has 1 aliphatic rings. The number of piperazine rings is 1. The van der Waals surface area contributed by atoms with Gasteiger partial charge in [0, 0.05) is 50.4 Å². The van der Waals surface area contributed by atoms with E-state index in [4.69, 9.17) is 0 Å². The molecular formula is C21H30N4O3S. The molecule has 0 atom stereocenters. The summed E-state index contributed by atoms with van der Waals surface area (Å²) in [5.74, 6) is 0.711. The van der Waals surface area contributed by atoms with Gasteiger partial charge in [0.2, 0.25) is 11.8 Å². The van der Waals surface area contributed by atoms with E-state index in [-0.39, 0.29) is 23.8 Å². The van der Waals surface area contributed by atoms with Crippen LogP contribution in [0.15, 0.2) is 11.1 Å². The van der Waals surface area contributed by atoms with Crippen molar-refractivity contribution < 1.29 is 9.59 Å². The zero-order valence-electron chi connectivity index (χ0n) is 17.7. The SMILES string of the molecule is Cc1sc2ncn(CCC(=O)N3CCN(C(=O)CCC(C)C)CC3)c(=O)c2c1C. The molecule has 1 fully saturated rings. The topological polar surface area (TPSA) is 75.5 Å². The molecule has 1 saturated heterocycles. The van der Waals surface area contributed by atoms with E-state index < -0.39 is 0 Å². The van der Waals surface area contributed by atoms with Crippen LogP contribution in [0.5, 0.6) is 0 Å². The fourth-order valence-electron chi connectivity index (χ4n) is 3.58. The van der Waals surface area contributed by atoms with Crippen LogP contribution in [0.1, 0.15) is 43.6 Å². The highest BCUT2D eigenvalue weighted by Gasteiger charge is 2.24. The summed E-state index contributed by atoms with van der Waals surface area (Å²) in [5.41, 5.74) is 0.895. The molecule has 2 aromatic heterocycles. The molecule has 29 heavy (non-hydrogen) atoms. The van der Waals surface area contributed by atoms with Gasteiger partial charge in [-0.3, -0.25) is 19.0 Å². The third-order valence-corrected chi connectivity index (χ3v) is 6.76. The Bertz CT molecular complexity index is 955. The molecule has 0 N–H and O–H groups in total. The lowest BCUT2D eigenvalue weighted by atomic mass is 10.1. The Labute approximate surface area is 175 Å². The van der Waals surface area contributed by atoms with Crippen molar-refractivity contribution in [2.75, 3.05) is 26.2 Å². The van der Waals surface area contributed by atoms with E-state index in [0.717, 1.165) is 21.7 Å². The lowest BCUT2D eigenvalue weighted by Gasteiger charge is -2.35. The summed E-state index contributed by atoms with van der Waals surface area (Å²) in [4.78, 5) is 47.5. The third-order valence-electron chi connectivity index (χ3n) is 5.64. The predicted molar refractivity (Wildman–Crippen MR) is 115 cm³/mol. The smallest absolute Gasteiger partial charge is 0.262 e. The van der Waals surface area contributed by atoms with Crippen molar-refractivity contribution in [2.24, 2.45) is 5.92 Å². The van der Waals surface area contributed by atoms with Gasteiger partial charge in [-0.15, -0.1) is 11.3 Å². The first-order chi connectivity index (χ1) is 13.8. The van der Waals surface area contributed by atoms with Gasteiger partial charge in [-0.05, 0) is 31.7 Å². The number of amides is 2. The Morgan fingerprint density at radius 2 is 1.66 bits per heavy atom. The number of aromatic nitrogens is 2. The lowest BCUT2D eigenvalue weighted by Crippen LogP contribution is -2.50. The second-order valence-corrected chi connectivity index (χ2v) is 9.35. The molecule has 0 unspecified atom stereocenters. The van der Waals surface area contributed by atoms with Gasteiger partial charge in [0.05, 0.1) is 11.7 Å². The fraction of sp³-hybridized carbons (Fsp3) is 0.619. The highest BCUT2D eigenvalue weighted by molar-refractivity contribution is 7.18. The summed E-state index contributed by atoms with van der Waals surface area (Å²) in [6.07, 6.45) is 3.27. The van der Waals surface area contributed by atoms with E-state index in [1.165, 1.54) is 15.9 Å². The zero-order valence-corrected chi connectivity index (χ0v) is 18.5. The maximum atomic E-state index is 12.7. The second-order valence-electron chi connectivity index (χ2n) is 8.15. The van der Waals surface area contributed by atoms with Gasteiger partial charge >= 0.3 is 0 Å². The van der Waals surface area contributed by atoms with Crippen molar-refractivity contribution in [3.63, 3.8) is 0 Å². The van der Waals surface area contributed by atoms with Crippen LogP contribution < -0.4 is 5.56 Å². The van der Waals surface area contributed by atoms with Crippen LogP contribution in [0.25, 0.3) is 10.2 Å². The van der Waals surface area contributed by atoms with E-state index in [1.54, 1.807) is 11.2 Å². The molecule has 3 rings (SSSR count). The summed E-state index contributed by atoms with van der Waals surface area (Å²) in [6, 6.07) is 0. The van der Waals surface area contributed by atoms with Crippen molar-refractivity contribution in [1.82, 2.24) is 19.4 Å². The standard InChI is InChI=1S/C21H30N4O3S/c1-14(2)5-6-17(26)23-9-11-24(12-10-23)18(27)7-8-25-13-22-20-19(21(25)28)15(3)16(4)29-20/h13-14H,5-12H2,1-4H3. The molecule has 3 heterocycles. The number of hydrogen-bond acceptors (Lipinski definition) is 5. The van der Waals surface area contributed by atoms with E-state index in [2.05, 4.69) is 18.8 Å². The van der Waals surface area contributed by atoms with Crippen LogP contribution in [-0.4, -0.2) is 57.3 Å². The highest BCUT2D eigenvalue weighted by atomic mass is 32.1. The fourth-order valence-corrected chi connectivity index (χ4v) is 4.57. The van der Waals surface area contributed by atoms with E-state index in [1.807, 2.05) is 18.7 Å². The monoisotopic (exact) mass is 418 g/mol. The first kappa shape index (κ1) is 21.5. The zero-order chi connectivity index (χ0) is 21.1. The Morgan fingerprint density at radius 3 is 2.24 bits per heavy atom. The Balaban J connectivity index is 1.54. The second kappa shape index (κ2) is 9.07. The highest BCUT2D eigenvalue weighted by Crippen LogP contribution is 2.25. The van der Waals surface area contributed by atoms with Crippen LogP contribution in [0.2, 0.25) is 0 Å². The molecule has 158 valence electrons. The molecule has 8 heteroatoms. The first-order valence-corrected chi connectivity index (χ1v) is 11.1. The Kier molecular flexibility index (Phi) is 6.72. The number of carbonyl (C=O) groups is 2. The summed E-state index contributed by atoms with van der Waals surface area (Å²) in [7, 11) is 0. The van der Waals surface area contributed by atoms with Crippen molar-refractivity contribution >= 4 is 33.4 Å². The van der Waals surface area contributed by atoms with Crippen LogP contribution in [-0.2, 0) is 16.1 Å². The van der Waals surface area contributed by atoms with Crippen molar-refractivity contribution in [2.45, 2.75) is 53.5 Å². The van der Waals surface area contributed by atoms with Crippen LogP contribution in [0, 0.1) is 19.8 Å².